The van der Waals surface area contributed by atoms with Crippen LogP contribution >= 0.6 is 0 Å². The van der Waals surface area contributed by atoms with Crippen LogP contribution in [0.15, 0.2) is 57.9 Å². The Morgan fingerprint density at radius 1 is 1.09 bits per heavy atom. The minimum atomic E-state index is -4.11. The Morgan fingerprint density at radius 2 is 1.72 bits per heavy atom. The summed E-state index contributed by atoms with van der Waals surface area (Å²) in [6.07, 6.45) is 0. The summed E-state index contributed by atoms with van der Waals surface area (Å²) >= 11 is 0. The molecule has 0 radical (unpaired) electrons. The lowest BCUT2D eigenvalue weighted by Gasteiger charge is -2.24. The van der Waals surface area contributed by atoms with Gasteiger partial charge in [-0.15, -0.1) is 0 Å². The number of hydrogen-bond acceptors (Lipinski definition) is 6. The number of benzene rings is 2. The van der Waals surface area contributed by atoms with E-state index in [0.717, 1.165) is 9.87 Å². The first-order chi connectivity index (χ1) is 15.1. The number of rotatable bonds is 8. The van der Waals surface area contributed by atoms with E-state index in [1.54, 1.807) is 50.4 Å². The zero-order chi connectivity index (χ0) is 23.5. The number of aryl methyl sites for hydroxylation is 2. The SMILES string of the molecule is COc1ccc(NC(=O)CN(c2ccc(C(C)C)cc2)S(=O)(=O)c2c(C)noc2C)cc1. The van der Waals surface area contributed by atoms with E-state index in [9.17, 15) is 13.2 Å². The average Bonchev–Trinajstić information content (AvgIpc) is 3.11. The molecule has 170 valence electrons. The van der Waals surface area contributed by atoms with Crippen LogP contribution in [0.5, 0.6) is 5.75 Å². The molecule has 1 heterocycles. The van der Waals surface area contributed by atoms with E-state index in [0.29, 0.717) is 17.1 Å². The quantitative estimate of drug-likeness (QED) is 0.542. The highest BCUT2D eigenvalue weighted by Crippen LogP contribution is 2.29. The summed E-state index contributed by atoms with van der Waals surface area (Å²) < 4.78 is 38.4. The summed E-state index contributed by atoms with van der Waals surface area (Å²) in [4.78, 5) is 12.8. The molecule has 0 aliphatic heterocycles. The van der Waals surface area contributed by atoms with Crippen molar-refractivity contribution in [2.45, 2.75) is 38.5 Å². The molecule has 0 saturated carbocycles. The number of methoxy groups -OCH3 is 1. The van der Waals surface area contributed by atoms with Gasteiger partial charge < -0.3 is 14.6 Å². The van der Waals surface area contributed by atoms with Crippen molar-refractivity contribution in [3.8, 4) is 5.75 Å². The molecule has 0 aliphatic carbocycles. The van der Waals surface area contributed by atoms with Crippen molar-refractivity contribution in [2.75, 3.05) is 23.3 Å². The van der Waals surface area contributed by atoms with E-state index < -0.39 is 22.5 Å². The van der Waals surface area contributed by atoms with Crippen molar-refractivity contribution in [3.63, 3.8) is 0 Å². The fourth-order valence-corrected chi connectivity index (χ4v) is 5.02. The van der Waals surface area contributed by atoms with Gasteiger partial charge in [0.15, 0.2) is 10.7 Å². The first kappa shape index (κ1) is 23.3. The van der Waals surface area contributed by atoms with Gasteiger partial charge in [-0.3, -0.25) is 9.10 Å². The minimum Gasteiger partial charge on any atom is -0.497 e. The molecule has 0 unspecified atom stereocenters. The van der Waals surface area contributed by atoms with E-state index in [2.05, 4.69) is 24.3 Å². The Bertz CT molecular complexity index is 1160. The highest BCUT2D eigenvalue weighted by Gasteiger charge is 2.33. The van der Waals surface area contributed by atoms with Gasteiger partial charge in [-0.1, -0.05) is 31.1 Å². The zero-order valence-corrected chi connectivity index (χ0v) is 19.6. The molecule has 1 aromatic heterocycles. The normalized spacial score (nSPS) is 11.4. The van der Waals surface area contributed by atoms with Gasteiger partial charge in [-0.25, -0.2) is 8.42 Å². The van der Waals surface area contributed by atoms with Crippen LogP contribution in [-0.2, 0) is 14.8 Å². The summed E-state index contributed by atoms with van der Waals surface area (Å²) in [6, 6.07) is 13.9. The summed E-state index contributed by atoms with van der Waals surface area (Å²) in [5.41, 5.74) is 2.20. The van der Waals surface area contributed by atoms with E-state index in [4.69, 9.17) is 9.26 Å². The number of nitrogens with zero attached hydrogens (tertiary/aromatic N) is 2. The fraction of sp³-hybridized carbons (Fsp3) is 0.304. The minimum absolute atomic E-state index is 0.0392. The smallest absolute Gasteiger partial charge is 0.270 e. The predicted octanol–water partition coefficient (Wildman–Crippen LogP) is 4.26. The Morgan fingerprint density at radius 3 is 2.22 bits per heavy atom. The first-order valence-electron chi connectivity index (χ1n) is 10.1. The highest BCUT2D eigenvalue weighted by molar-refractivity contribution is 7.93. The van der Waals surface area contributed by atoms with E-state index in [1.807, 2.05) is 12.1 Å². The molecule has 9 heteroatoms. The molecule has 1 amide bonds. The molecule has 3 rings (SSSR count). The number of ether oxygens (including phenoxy) is 1. The number of aromatic nitrogens is 1. The van der Waals surface area contributed by atoms with Crippen molar-refractivity contribution in [1.29, 1.82) is 0 Å². The van der Waals surface area contributed by atoms with Crippen molar-refractivity contribution < 1.29 is 22.5 Å². The zero-order valence-electron chi connectivity index (χ0n) is 18.7. The van der Waals surface area contributed by atoms with Crippen LogP contribution in [-0.4, -0.2) is 33.1 Å². The molecular formula is C23H27N3O5S. The van der Waals surface area contributed by atoms with E-state index in [1.165, 1.54) is 6.92 Å². The van der Waals surface area contributed by atoms with Crippen LogP contribution in [0.2, 0.25) is 0 Å². The second kappa shape index (κ2) is 9.44. The lowest BCUT2D eigenvalue weighted by Crippen LogP contribution is -2.38. The van der Waals surface area contributed by atoms with Gasteiger partial charge in [-0.2, -0.15) is 0 Å². The Balaban J connectivity index is 1.95. The van der Waals surface area contributed by atoms with Crippen LogP contribution in [0.3, 0.4) is 0 Å². The average molecular weight is 458 g/mol. The van der Waals surface area contributed by atoms with Crippen LogP contribution in [0.1, 0.15) is 36.8 Å². The largest absolute Gasteiger partial charge is 0.497 e. The molecule has 1 N–H and O–H groups in total. The number of hydrogen-bond donors (Lipinski definition) is 1. The molecular weight excluding hydrogens is 430 g/mol. The van der Waals surface area contributed by atoms with Gasteiger partial charge >= 0.3 is 0 Å². The summed E-state index contributed by atoms with van der Waals surface area (Å²) in [5, 5.41) is 6.50. The van der Waals surface area contributed by atoms with E-state index >= 15 is 0 Å². The highest BCUT2D eigenvalue weighted by atomic mass is 32.2. The topological polar surface area (TPSA) is 102 Å². The van der Waals surface area contributed by atoms with Gasteiger partial charge in [-0.05, 0) is 61.7 Å². The summed E-state index contributed by atoms with van der Waals surface area (Å²) in [5.74, 6) is 0.617. The first-order valence-corrected chi connectivity index (χ1v) is 11.6. The molecule has 0 fully saturated rings. The maximum atomic E-state index is 13.6. The number of sulfonamides is 1. The second-order valence-corrected chi connectivity index (χ2v) is 9.49. The van der Waals surface area contributed by atoms with Crippen molar-refractivity contribution in [1.82, 2.24) is 5.16 Å². The summed E-state index contributed by atoms with van der Waals surface area (Å²) in [7, 11) is -2.56. The van der Waals surface area contributed by atoms with Gasteiger partial charge in [0.05, 0.1) is 12.8 Å². The van der Waals surface area contributed by atoms with Gasteiger partial charge in [0.25, 0.3) is 10.0 Å². The van der Waals surface area contributed by atoms with Crippen LogP contribution in [0.25, 0.3) is 0 Å². The van der Waals surface area contributed by atoms with Gasteiger partial charge in [0.1, 0.15) is 18.0 Å². The molecule has 2 aromatic carbocycles. The third kappa shape index (κ3) is 4.94. The predicted molar refractivity (Wildman–Crippen MR) is 123 cm³/mol. The van der Waals surface area contributed by atoms with Crippen molar-refractivity contribution in [3.05, 3.63) is 65.5 Å². The monoisotopic (exact) mass is 457 g/mol. The summed E-state index contributed by atoms with van der Waals surface area (Å²) in [6.45, 7) is 6.77. The standard InChI is InChI=1S/C23H27N3O5S/c1-15(2)18-6-10-20(11-7-18)26(32(28,29)23-16(3)25-31-17(23)4)14-22(27)24-19-8-12-21(30-5)13-9-19/h6-13,15H,14H2,1-5H3,(H,24,27). The van der Waals surface area contributed by atoms with Crippen LogP contribution < -0.4 is 14.4 Å². The third-order valence-electron chi connectivity index (χ3n) is 5.02. The third-order valence-corrected chi connectivity index (χ3v) is 7.04. The number of nitrogens with one attached hydrogen (secondary N) is 1. The maximum Gasteiger partial charge on any atom is 0.270 e. The lowest BCUT2D eigenvalue weighted by molar-refractivity contribution is -0.114. The molecule has 0 aliphatic rings. The van der Waals surface area contributed by atoms with Gasteiger partial charge in [0.2, 0.25) is 5.91 Å². The molecule has 0 spiro atoms. The lowest BCUT2D eigenvalue weighted by atomic mass is 10.0. The number of amides is 1. The molecule has 0 atom stereocenters. The molecule has 0 bridgehead atoms. The molecule has 8 nitrogen and oxygen atoms in total. The van der Waals surface area contributed by atoms with E-state index in [-0.39, 0.29) is 22.3 Å². The molecule has 3 aromatic rings. The Kier molecular flexibility index (Phi) is 6.88. The van der Waals surface area contributed by atoms with Crippen molar-refractivity contribution in [2.24, 2.45) is 0 Å². The second-order valence-electron chi connectivity index (χ2n) is 7.69. The fourth-order valence-electron chi connectivity index (χ4n) is 3.30. The molecule has 0 saturated heterocycles. The van der Waals surface area contributed by atoms with Crippen molar-refractivity contribution >= 4 is 27.3 Å². The molecule has 32 heavy (non-hydrogen) atoms. The Labute approximate surface area is 188 Å². The van der Waals surface area contributed by atoms with Crippen LogP contribution in [0.4, 0.5) is 11.4 Å². The maximum absolute atomic E-state index is 13.6. The number of anilines is 2. The van der Waals surface area contributed by atoms with Gasteiger partial charge in [0, 0.05) is 5.69 Å². The Hall–Kier alpha value is -3.33. The number of carbonyl (C=O) groups is 1. The van der Waals surface area contributed by atoms with Crippen LogP contribution in [0, 0.1) is 13.8 Å². The number of carbonyl (C=O) groups excluding carboxylic acids is 1.